The zero-order valence-corrected chi connectivity index (χ0v) is 21.1. The van der Waals surface area contributed by atoms with Crippen LogP contribution in [-0.4, -0.2) is 35.4 Å². The molecule has 2 aromatic carbocycles. The van der Waals surface area contributed by atoms with E-state index in [0.29, 0.717) is 29.4 Å². The normalized spacial score (nSPS) is 15.6. The van der Waals surface area contributed by atoms with Crippen LogP contribution in [0.2, 0.25) is 0 Å². The molecule has 0 saturated heterocycles. The first-order valence-electron chi connectivity index (χ1n) is 12.4. The molecule has 0 aliphatic carbocycles. The summed E-state index contributed by atoms with van der Waals surface area (Å²) in [5, 5.41) is 10.9. The van der Waals surface area contributed by atoms with Gasteiger partial charge in [-0.15, -0.1) is 0 Å². The zero-order valence-electron chi connectivity index (χ0n) is 21.1. The van der Waals surface area contributed by atoms with Crippen LogP contribution in [0.1, 0.15) is 49.1 Å². The molecule has 0 fully saturated rings. The minimum absolute atomic E-state index is 0.00223. The van der Waals surface area contributed by atoms with Crippen molar-refractivity contribution in [2.24, 2.45) is 0 Å². The number of ketones is 1. The van der Waals surface area contributed by atoms with Crippen LogP contribution in [0.5, 0.6) is 11.5 Å². The highest BCUT2D eigenvalue weighted by Gasteiger charge is 2.43. The zero-order chi connectivity index (χ0) is 26.2. The number of unbranched alkanes of at least 4 members (excludes halogenated alkanes) is 2. The van der Waals surface area contributed by atoms with Crippen molar-refractivity contribution >= 4 is 17.8 Å². The van der Waals surface area contributed by atoms with E-state index in [9.17, 15) is 14.7 Å². The van der Waals surface area contributed by atoms with Gasteiger partial charge in [0, 0.05) is 0 Å². The predicted molar refractivity (Wildman–Crippen MR) is 140 cm³/mol. The molecule has 3 aromatic rings. The molecule has 0 spiro atoms. The topological polar surface area (TPSA) is 89.2 Å². The second kappa shape index (κ2) is 12.1. The number of aliphatic hydroxyl groups is 1. The second-order valence-electron chi connectivity index (χ2n) is 8.75. The molecule has 1 amide bonds. The third kappa shape index (κ3) is 5.94. The van der Waals surface area contributed by atoms with Crippen molar-refractivity contribution in [3.63, 3.8) is 0 Å². The van der Waals surface area contributed by atoms with Gasteiger partial charge in [-0.2, -0.15) is 0 Å². The van der Waals surface area contributed by atoms with E-state index in [1.165, 1.54) is 17.2 Å². The Hall–Kier alpha value is -4.26. The molecule has 1 atom stereocenters. The first-order valence-corrected chi connectivity index (χ1v) is 12.4. The molecule has 192 valence electrons. The molecule has 1 aliphatic rings. The van der Waals surface area contributed by atoms with E-state index in [2.05, 4.69) is 6.92 Å². The molecule has 4 rings (SSSR count). The summed E-state index contributed by atoms with van der Waals surface area (Å²) < 4.78 is 16.9. The molecule has 1 aliphatic heterocycles. The van der Waals surface area contributed by atoms with Crippen LogP contribution in [-0.2, 0) is 16.1 Å². The minimum Gasteiger partial charge on any atom is -0.503 e. The number of aliphatic hydroxyl groups excluding tert-OH is 1. The van der Waals surface area contributed by atoms with Crippen molar-refractivity contribution in [2.75, 3.05) is 13.7 Å². The monoisotopic (exact) mass is 501 g/mol. The Morgan fingerprint density at radius 1 is 1.08 bits per heavy atom. The number of methoxy groups -OCH3 is 1. The fourth-order valence-corrected chi connectivity index (χ4v) is 4.32. The predicted octanol–water partition coefficient (Wildman–Crippen LogP) is 6.04. The number of carbonyl (C=O) groups is 2. The van der Waals surface area contributed by atoms with Gasteiger partial charge in [-0.05, 0) is 47.9 Å². The number of allylic oxidation sites excluding steroid dienone is 1. The SMILES string of the molecule is CCCCCOc1ccc(C2C(C(=O)C=Cc3ccccc3)=C(O)C(=O)N2Cc2ccco2)cc1OC. The van der Waals surface area contributed by atoms with Gasteiger partial charge in [0.2, 0.25) is 0 Å². The molecule has 0 bridgehead atoms. The molecule has 2 heterocycles. The van der Waals surface area contributed by atoms with E-state index < -0.39 is 23.5 Å². The number of ether oxygens (including phenoxy) is 2. The van der Waals surface area contributed by atoms with Gasteiger partial charge < -0.3 is 23.9 Å². The highest BCUT2D eigenvalue weighted by Crippen LogP contribution is 2.41. The third-order valence-electron chi connectivity index (χ3n) is 6.21. The molecule has 1 N–H and O–H groups in total. The van der Waals surface area contributed by atoms with Crippen molar-refractivity contribution in [1.29, 1.82) is 0 Å². The van der Waals surface area contributed by atoms with Gasteiger partial charge in [0.1, 0.15) is 5.76 Å². The fourth-order valence-electron chi connectivity index (χ4n) is 4.32. The van der Waals surface area contributed by atoms with Crippen LogP contribution in [0, 0.1) is 0 Å². The molecule has 37 heavy (non-hydrogen) atoms. The standard InChI is InChI=1S/C30H31NO6/c1-3-4-8-17-37-25-16-14-22(19-26(25)35-2)28-27(24(32)15-13-21-10-6-5-7-11-21)29(33)30(34)31(28)20-23-12-9-18-36-23/h5-7,9-16,18-19,28,33H,3-4,8,17,20H2,1-2H3. The summed E-state index contributed by atoms with van der Waals surface area (Å²) in [6.07, 6.45) is 7.64. The van der Waals surface area contributed by atoms with Crippen molar-refractivity contribution in [3.8, 4) is 11.5 Å². The van der Waals surface area contributed by atoms with Gasteiger partial charge in [0.25, 0.3) is 5.91 Å². The number of benzene rings is 2. The molecule has 7 nitrogen and oxygen atoms in total. The Labute approximate surface area is 216 Å². The lowest BCUT2D eigenvalue weighted by Crippen LogP contribution is -2.30. The fraction of sp³-hybridized carbons (Fsp3) is 0.267. The first-order chi connectivity index (χ1) is 18.0. The number of furan rings is 1. The van der Waals surface area contributed by atoms with Crippen LogP contribution in [0.4, 0.5) is 0 Å². The van der Waals surface area contributed by atoms with Crippen LogP contribution in [0.15, 0.2) is 88.8 Å². The van der Waals surface area contributed by atoms with Crippen molar-refractivity contribution in [3.05, 3.63) is 101 Å². The molecular formula is C30H31NO6. The van der Waals surface area contributed by atoms with Gasteiger partial charge in [0.15, 0.2) is 23.0 Å². The number of rotatable bonds is 12. The Bertz CT molecular complexity index is 1280. The van der Waals surface area contributed by atoms with Crippen LogP contribution >= 0.6 is 0 Å². The molecule has 0 radical (unpaired) electrons. The Morgan fingerprint density at radius 2 is 1.89 bits per heavy atom. The number of nitrogens with zero attached hydrogens (tertiary/aromatic N) is 1. The Balaban J connectivity index is 1.69. The number of carbonyl (C=O) groups excluding carboxylic acids is 2. The highest BCUT2D eigenvalue weighted by atomic mass is 16.5. The lowest BCUT2D eigenvalue weighted by molar-refractivity contribution is -0.130. The molecule has 1 aromatic heterocycles. The Kier molecular flexibility index (Phi) is 8.46. The molecule has 7 heteroatoms. The summed E-state index contributed by atoms with van der Waals surface area (Å²) in [6.45, 7) is 2.77. The third-order valence-corrected chi connectivity index (χ3v) is 6.21. The summed E-state index contributed by atoms with van der Waals surface area (Å²) in [6, 6.07) is 17.3. The van der Waals surface area contributed by atoms with Crippen molar-refractivity contribution in [1.82, 2.24) is 4.90 Å². The lowest BCUT2D eigenvalue weighted by atomic mass is 9.95. The molecule has 0 saturated carbocycles. The summed E-state index contributed by atoms with van der Waals surface area (Å²) in [5.74, 6) is -0.0791. The van der Waals surface area contributed by atoms with Crippen molar-refractivity contribution < 1.29 is 28.6 Å². The minimum atomic E-state index is -0.839. The van der Waals surface area contributed by atoms with E-state index in [1.807, 2.05) is 30.3 Å². The Morgan fingerprint density at radius 3 is 2.59 bits per heavy atom. The van der Waals surface area contributed by atoms with Crippen LogP contribution in [0.3, 0.4) is 0 Å². The van der Waals surface area contributed by atoms with Gasteiger partial charge in [-0.1, -0.05) is 62.2 Å². The van der Waals surface area contributed by atoms with E-state index in [1.54, 1.807) is 43.5 Å². The van der Waals surface area contributed by atoms with E-state index >= 15 is 0 Å². The summed E-state index contributed by atoms with van der Waals surface area (Å²) in [4.78, 5) is 28.0. The second-order valence-corrected chi connectivity index (χ2v) is 8.75. The number of amides is 1. The maximum absolute atomic E-state index is 13.4. The average molecular weight is 502 g/mol. The van der Waals surface area contributed by atoms with Gasteiger partial charge in [-0.25, -0.2) is 0 Å². The van der Waals surface area contributed by atoms with E-state index in [4.69, 9.17) is 13.9 Å². The quantitative estimate of drug-likeness (QED) is 0.241. The lowest BCUT2D eigenvalue weighted by Gasteiger charge is -2.26. The van der Waals surface area contributed by atoms with Crippen molar-refractivity contribution in [2.45, 2.75) is 38.8 Å². The van der Waals surface area contributed by atoms with Crippen LogP contribution in [0.25, 0.3) is 6.08 Å². The smallest absolute Gasteiger partial charge is 0.290 e. The maximum Gasteiger partial charge on any atom is 0.290 e. The van der Waals surface area contributed by atoms with E-state index in [-0.39, 0.29) is 12.1 Å². The van der Waals surface area contributed by atoms with Gasteiger partial charge in [-0.3, -0.25) is 9.59 Å². The number of hydrogen-bond acceptors (Lipinski definition) is 6. The first kappa shape index (κ1) is 25.8. The van der Waals surface area contributed by atoms with Gasteiger partial charge in [0.05, 0.1) is 38.1 Å². The largest absolute Gasteiger partial charge is 0.503 e. The summed E-state index contributed by atoms with van der Waals surface area (Å²) in [7, 11) is 1.54. The van der Waals surface area contributed by atoms with E-state index in [0.717, 1.165) is 24.8 Å². The highest BCUT2D eigenvalue weighted by molar-refractivity contribution is 6.14. The average Bonchev–Trinajstić information content (AvgIpc) is 3.53. The van der Waals surface area contributed by atoms with Crippen LogP contribution < -0.4 is 9.47 Å². The summed E-state index contributed by atoms with van der Waals surface area (Å²) in [5.41, 5.74) is 1.44. The maximum atomic E-state index is 13.4. The van der Waals surface area contributed by atoms with Gasteiger partial charge >= 0.3 is 0 Å². The molecule has 1 unspecified atom stereocenters. The molecular weight excluding hydrogens is 470 g/mol. The summed E-state index contributed by atoms with van der Waals surface area (Å²) >= 11 is 0. The number of hydrogen-bond donors (Lipinski definition) is 1.